The van der Waals surface area contributed by atoms with Crippen molar-refractivity contribution in [1.82, 2.24) is 0 Å². The number of hydrogen-bond acceptors (Lipinski definition) is 2. The quantitative estimate of drug-likeness (QED) is 0.663. The molecule has 0 amide bonds. The molecule has 1 saturated heterocycles. The molecule has 1 aromatic carbocycles. The van der Waals surface area contributed by atoms with E-state index >= 15 is 0 Å². The first-order chi connectivity index (χ1) is 6.42. The Morgan fingerprint density at radius 1 is 1.31 bits per heavy atom. The summed E-state index contributed by atoms with van der Waals surface area (Å²) < 4.78 is 10.6. The fraction of sp³-hybridized carbons (Fsp3) is 0.273. The first kappa shape index (κ1) is 7.15. The smallest absolute Gasteiger partial charge is 0.120 e. The van der Waals surface area contributed by atoms with Gasteiger partial charge in [0.1, 0.15) is 18.5 Å². The molecule has 1 aromatic rings. The maximum atomic E-state index is 5.54. The van der Waals surface area contributed by atoms with Gasteiger partial charge in [0.2, 0.25) is 0 Å². The largest absolute Gasteiger partial charge is 0.491 e. The van der Waals surface area contributed by atoms with Gasteiger partial charge in [-0.2, -0.15) is 0 Å². The Morgan fingerprint density at radius 3 is 2.77 bits per heavy atom. The zero-order valence-electron chi connectivity index (χ0n) is 7.19. The topological polar surface area (TPSA) is 21.8 Å². The number of benzene rings is 1. The van der Waals surface area contributed by atoms with Gasteiger partial charge >= 0.3 is 0 Å². The molecular weight excluding hydrogens is 164 g/mol. The van der Waals surface area contributed by atoms with E-state index in [-0.39, 0.29) is 0 Å². The molecule has 1 aliphatic carbocycles. The van der Waals surface area contributed by atoms with Crippen LogP contribution in [0.25, 0.3) is 12.2 Å². The third-order valence-corrected chi connectivity index (χ3v) is 2.34. The highest BCUT2D eigenvalue weighted by Crippen LogP contribution is 2.27. The van der Waals surface area contributed by atoms with Crippen LogP contribution in [0.15, 0.2) is 18.2 Å². The molecule has 0 bridgehead atoms. The highest BCUT2D eigenvalue weighted by atomic mass is 16.6. The van der Waals surface area contributed by atoms with Gasteiger partial charge in [-0.3, -0.25) is 0 Å². The normalized spacial score (nSPS) is 22.0. The Hall–Kier alpha value is -1.28. The summed E-state index contributed by atoms with van der Waals surface area (Å²) in [7, 11) is 0. The SMILES string of the molecule is C1=Cc2cc(OCC3CO3)ccc21. The zero-order valence-corrected chi connectivity index (χ0v) is 7.19. The van der Waals surface area contributed by atoms with Gasteiger partial charge in [0.05, 0.1) is 6.61 Å². The van der Waals surface area contributed by atoms with Crippen LogP contribution < -0.4 is 4.74 Å². The van der Waals surface area contributed by atoms with E-state index in [2.05, 4.69) is 24.3 Å². The Morgan fingerprint density at radius 2 is 2.15 bits per heavy atom. The van der Waals surface area contributed by atoms with Gasteiger partial charge < -0.3 is 9.47 Å². The van der Waals surface area contributed by atoms with E-state index in [0.29, 0.717) is 12.7 Å². The monoisotopic (exact) mass is 174 g/mol. The molecule has 13 heavy (non-hydrogen) atoms. The molecule has 1 fully saturated rings. The summed E-state index contributed by atoms with van der Waals surface area (Å²) >= 11 is 0. The minimum Gasteiger partial charge on any atom is -0.491 e. The van der Waals surface area contributed by atoms with E-state index in [1.54, 1.807) is 0 Å². The van der Waals surface area contributed by atoms with E-state index in [9.17, 15) is 0 Å². The maximum Gasteiger partial charge on any atom is 0.120 e. The molecule has 0 radical (unpaired) electrons. The third kappa shape index (κ3) is 1.33. The minimum atomic E-state index is 0.335. The predicted molar refractivity (Wildman–Crippen MR) is 50.6 cm³/mol. The van der Waals surface area contributed by atoms with Gasteiger partial charge in [-0.15, -0.1) is 0 Å². The highest BCUT2D eigenvalue weighted by molar-refractivity contribution is 5.86. The molecule has 3 rings (SSSR count). The van der Waals surface area contributed by atoms with Crippen molar-refractivity contribution in [2.24, 2.45) is 0 Å². The van der Waals surface area contributed by atoms with Gasteiger partial charge in [-0.1, -0.05) is 18.2 Å². The Kier molecular flexibility index (Phi) is 1.43. The summed E-state index contributed by atoms with van der Waals surface area (Å²) in [5, 5.41) is 0. The number of ether oxygens (including phenoxy) is 2. The van der Waals surface area contributed by atoms with Crippen molar-refractivity contribution in [1.29, 1.82) is 0 Å². The van der Waals surface area contributed by atoms with E-state index in [0.717, 1.165) is 12.4 Å². The van der Waals surface area contributed by atoms with E-state index in [1.165, 1.54) is 11.1 Å². The lowest BCUT2D eigenvalue weighted by atomic mass is 9.98. The molecular formula is C11H10O2. The number of rotatable bonds is 3. The van der Waals surface area contributed by atoms with Crippen molar-refractivity contribution in [3.63, 3.8) is 0 Å². The summed E-state index contributed by atoms with van der Waals surface area (Å²) in [4.78, 5) is 0. The predicted octanol–water partition coefficient (Wildman–Crippen LogP) is 1.95. The van der Waals surface area contributed by atoms with Crippen molar-refractivity contribution >= 4 is 12.2 Å². The second kappa shape index (κ2) is 2.60. The van der Waals surface area contributed by atoms with Crippen LogP contribution in [0.2, 0.25) is 0 Å². The lowest BCUT2D eigenvalue weighted by Gasteiger charge is -2.12. The molecule has 0 aromatic heterocycles. The molecule has 0 saturated carbocycles. The fourth-order valence-corrected chi connectivity index (χ4v) is 1.38. The summed E-state index contributed by atoms with van der Waals surface area (Å²) in [5.74, 6) is 0.943. The molecule has 0 spiro atoms. The van der Waals surface area contributed by atoms with Crippen molar-refractivity contribution < 1.29 is 9.47 Å². The van der Waals surface area contributed by atoms with E-state index in [1.807, 2.05) is 6.07 Å². The summed E-state index contributed by atoms with van der Waals surface area (Å²) in [6.45, 7) is 1.54. The number of epoxide rings is 1. The molecule has 1 atom stereocenters. The van der Waals surface area contributed by atoms with Crippen LogP contribution in [0.4, 0.5) is 0 Å². The molecule has 2 heteroatoms. The second-order valence-electron chi connectivity index (χ2n) is 3.39. The lowest BCUT2D eigenvalue weighted by Crippen LogP contribution is -2.04. The zero-order chi connectivity index (χ0) is 8.67. The molecule has 66 valence electrons. The molecule has 2 nitrogen and oxygen atoms in total. The summed E-state index contributed by atoms with van der Waals surface area (Å²) in [6.07, 6.45) is 4.53. The average molecular weight is 174 g/mol. The third-order valence-electron chi connectivity index (χ3n) is 2.34. The molecule has 2 aliphatic rings. The van der Waals surface area contributed by atoms with E-state index in [4.69, 9.17) is 9.47 Å². The average Bonchev–Trinajstić information content (AvgIpc) is 2.88. The Bertz CT molecular complexity index is 364. The first-order valence-corrected chi connectivity index (χ1v) is 4.48. The van der Waals surface area contributed by atoms with Crippen LogP contribution in [-0.4, -0.2) is 19.3 Å². The van der Waals surface area contributed by atoms with Gasteiger partial charge in [-0.25, -0.2) is 0 Å². The molecule has 1 aliphatic heterocycles. The standard InChI is InChI=1S/C11H10O2/c1-2-9-5-10(4-3-8(1)9)12-6-11-7-13-11/h1-5,11H,6-7H2. The highest BCUT2D eigenvalue weighted by Gasteiger charge is 2.23. The minimum absolute atomic E-state index is 0.335. The molecule has 0 N–H and O–H groups in total. The van der Waals surface area contributed by atoms with Crippen molar-refractivity contribution in [2.75, 3.05) is 13.2 Å². The Balaban J connectivity index is 1.71. The summed E-state index contributed by atoms with van der Waals surface area (Å²) in [6, 6.07) is 6.15. The Labute approximate surface area is 76.8 Å². The lowest BCUT2D eigenvalue weighted by molar-refractivity contribution is 0.263. The van der Waals surface area contributed by atoms with Gasteiger partial charge in [-0.05, 0) is 23.3 Å². The summed E-state index contributed by atoms with van der Waals surface area (Å²) in [5.41, 5.74) is 2.57. The van der Waals surface area contributed by atoms with Crippen molar-refractivity contribution in [3.8, 4) is 5.75 Å². The van der Waals surface area contributed by atoms with Crippen LogP contribution in [0, 0.1) is 0 Å². The van der Waals surface area contributed by atoms with Crippen molar-refractivity contribution in [2.45, 2.75) is 6.10 Å². The first-order valence-electron chi connectivity index (χ1n) is 4.48. The van der Waals surface area contributed by atoms with Gasteiger partial charge in [0.25, 0.3) is 0 Å². The molecule has 1 unspecified atom stereocenters. The van der Waals surface area contributed by atoms with Gasteiger partial charge in [0.15, 0.2) is 0 Å². The fourth-order valence-electron chi connectivity index (χ4n) is 1.38. The van der Waals surface area contributed by atoms with Crippen LogP contribution in [-0.2, 0) is 4.74 Å². The van der Waals surface area contributed by atoms with Crippen LogP contribution in [0.1, 0.15) is 11.1 Å². The van der Waals surface area contributed by atoms with Crippen LogP contribution in [0.5, 0.6) is 5.75 Å². The number of fused-ring (bicyclic) bond motifs is 1. The van der Waals surface area contributed by atoms with Crippen molar-refractivity contribution in [3.05, 3.63) is 29.3 Å². The maximum absolute atomic E-state index is 5.54. The van der Waals surface area contributed by atoms with E-state index < -0.39 is 0 Å². The molecule has 1 heterocycles. The van der Waals surface area contributed by atoms with Crippen LogP contribution >= 0.6 is 0 Å². The van der Waals surface area contributed by atoms with Crippen LogP contribution in [0.3, 0.4) is 0 Å². The second-order valence-corrected chi connectivity index (χ2v) is 3.39. The number of hydrogen-bond donors (Lipinski definition) is 0. The van der Waals surface area contributed by atoms with Gasteiger partial charge in [0, 0.05) is 0 Å².